The molecule has 1 heterocycles. The van der Waals surface area contributed by atoms with E-state index in [1.54, 1.807) is 0 Å². The van der Waals surface area contributed by atoms with Crippen LogP contribution >= 0.6 is 33.4 Å². The minimum atomic E-state index is 0.745. The van der Waals surface area contributed by atoms with Crippen molar-refractivity contribution < 1.29 is 0 Å². The summed E-state index contributed by atoms with van der Waals surface area (Å²) < 4.78 is 0.777. The Morgan fingerprint density at radius 3 is 2.71 bits per heavy atom. The van der Waals surface area contributed by atoms with Crippen LogP contribution in [0.25, 0.3) is 0 Å². The zero-order valence-electron chi connectivity index (χ0n) is 3.34. The summed E-state index contributed by atoms with van der Waals surface area (Å²) in [6, 6.07) is 0. The van der Waals surface area contributed by atoms with Crippen LogP contribution in [-0.2, 0) is 0 Å². The smallest absolute Gasteiger partial charge is 0.149 e. The van der Waals surface area contributed by atoms with Gasteiger partial charge in [-0.25, -0.2) is 0 Å². The first-order valence-corrected chi connectivity index (χ1v) is 4.33. The van der Waals surface area contributed by atoms with E-state index >= 15 is 0 Å². The molecule has 0 atom stereocenters. The molecule has 7 heavy (non-hydrogen) atoms. The molecule has 5 heteroatoms. The lowest BCUT2D eigenvalue weighted by Gasteiger charge is -1.88. The molecule has 0 aromatic heterocycles. The fourth-order valence-corrected chi connectivity index (χ4v) is 2.15. The van der Waals surface area contributed by atoms with E-state index in [0.717, 1.165) is 19.8 Å². The molecule has 2 nitrogen and oxygen atoms in total. The van der Waals surface area contributed by atoms with Crippen molar-refractivity contribution in [1.82, 2.24) is 5.32 Å². The van der Waals surface area contributed by atoms with Gasteiger partial charge in [0.1, 0.15) is 9.43 Å². The Morgan fingerprint density at radius 2 is 2.57 bits per heavy atom. The average molecular weight is 152 g/mol. The van der Waals surface area contributed by atoms with Gasteiger partial charge in [0.05, 0.1) is 0 Å². The van der Waals surface area contributed by atoms with E-state index in [0.29, 0.717) is 0 Å². The first-order valence-electron chi connectivity index (χ1n) is 1.60. The maximum absolute atomic E-state index is 5.31. The average Bonchev–Trinajstić information content (AvgIpc) is 1.87. The highest BCUT2D eigenvalue weighted by Gasteiger charge is 2.02. The number of nitrogens with two attached hydrogens (primary N) is 1. The van der Waals surface area contributed by atoms with Gasteiger partial charge in [0.25, 0.3) is 0 Å². The third-order valence-electron chi connectivity index (χ3n) is 0.457. The van der Waals surface area contributed by atoms with Crippen LogP contribution in [0.3, 0.4) is 0 Å². The molecule has 1 aliphatic heterocycles. The Balaban J connectivity index is 2.58. The van der Waals surface area contributed by atoms with Gasteiger partial charge in [-0.1, -0.05) is 12.2 Å². The summed E-state index contributed by atoms with van der Waals surface area (Å²) in [5.74, 6) is 0. The fourth-order valence-electron chi connectivity index (χ4n) is 0.241. The summed E-state index contributed by atoms with van der Waals surface area (Å²) in [6.07, 6.45) is 0. The standard InChI is InChI=1S/C2H4N2S3/c3-1-4-2(5)7-6-1/h6H,3H2,(H,4,5). The molecule has 0 aromatic carbocycles. The quantitative estimate of drug-likeness (QED) is 0.260. The second-order valence-electron chi connectivity index (χ2n) is 0.980. The molecule has 1 rings (SSSR count). The number of hydrogen-bond donors (Lipinski definition) is 3. The molecular weight excluding hydrogens is 148 g/mol. The maximum atomic E-state index is 5.31. The third kappa shape index (κ3) is 1.41. The number of nitrogens with one attached hydrogen (secondary N) is 1. The van der Waals surface area contributed by atoms with Crippen LogP contribution in [0.4, 0.5) is 0 Å². The van der Waals surface area contributed by atoms with Gasteiger partial charge in [-0.15, -0.1) is 10.4 Å². The summed E-state index contributed by atoms with van der Waals surface area (Å²) >= 11 is 4.74. The molecule has 0 aliphatic carbocycles. The minimum Gasteiger partial charge on any atom is -0.326 e. The normalized spacial score (nSPS) is 20.1. The van der Waals surface area contributed by atoms with Gasteiger partial charge in [0.15, 0.2) is 0 Å². The maximum Gasteiger partial charge on any atom is 0.149 e. The van der Waals surface area contributed by atoms with Crippen molar-refractivity contribution in [3.63, 3.8) is 0 Å². The van der Waals surface area contributed by atoms with E-state index in [2.05, 4.69) is 5.32 Å². The molecule has 0 unspecified atom stereocenters. The summed E-state index contributed by atoms with van der Waals surface area (Å²) in [6.45, 7) is 0. The lowest BCUT2D eigenvalue weighted by molar-refractivity contribution is 1.44. The third-order valence-corrected chi connectivity index (χ3v) is 3.26. The summed E-state index contributed by atoms with van der Waals surface area (Å²) in [4.78, 5) is 0. The van der Waals surface area contributed by atoms with Crippen LogP contribution in [0, 0.1) is 0 Å². The van der Waals surface area contributed by atoms with Crippen molar-refractivity contribution in [2.75, 3.05) is 0 Å². The summed E-state index contributed by atoms with van der Waals surface area (Å²) in [7, 11) is 2.58. The molecule has 0 amide bonds. The Hall–Kier alpha value is 0.420. The molecule has 3 N–H and O–H groups in total. The van der Waals surface area contributed by atoms with Crippen LogP contribution in [0.1, 0.15) is 0 Å². The van der Waals surface area contributed by atoms with Gasteiger partial charge in [0, 0.05) is 0 Å². The number of rotatable bonds is 0. The molecule has 0 saturated carbocycles. The molecule has 40 valence electrons. The molecular formula is C2H4N2S3. The van der Waals surface area contributed by atoms with E-state index in [4.69, 9.17) is 18.0 Å². The van der Waals surface area contributed by atoms with E-state index in [-0.39, 0.29) is 0 Å². The topological polar surface area (TPSA) is 38.0 Å². The number of thiol groups is 1. The minimum absolute atomic E-state index is 0.745. The van der Waals surface area contributed by atoms with Crippen molar-refractivity contribution in [1.29, 1.82) is 0 Å². The zero-order valence-corrected chi connectivity index (χ0v) is 5.87. The largest absolute Gasteiger partial charge is 0.326 e. The van der Waals surface area contributed by atoms with Gasteiger partial charge in [-0.05, 0) is 10.8 Å². The first-order chi connectivity index (χ1) is 3.29. The fraction of sp³-hybridized carbons (Fsp3) is 0. The molecule has 0 fully saturated rings. The Kier molecular flexibility index (Phi) is 1.69. The van der Waals surface area contributed by atoms with Crippen LogP contribution in [0.2, 0.25) is 0 Å². The Labute approximate surface area is 54.2 Å². The highest BCUT2D eigenvalue weighted by Crippen LogP contribution is 2.18. The predicted octanol–water partition coefficient (Wildman–Crippen LogP) is 0.0343. The van der Waals surface area contributed by atoms with Crippen molar-refractivity contribution in [3.05, 3.63) is 0 Å². The molecule has 0 saturated heterocycles. The first kappa shape index (κ1) is 5.55. The summed E-state index contributed by atoms with van der Waals surface area (Å²) in [5, 5.41) is 3.54. The molecule has 0 radical (unpaired) electrons. The molecule has 1 aliphatic rings. The molecule has 0 bridgehead atoms. The van der Waals surface area contributed by atoms with Crippen LogP contribution in [-0.4, -0.2) is 9.43 Å². The highest BCUT2D eigenvalue weighted by atomic mass is 33.1. The van der Waals surface area contributed by atoms with Crippen LogP contribution in [0.5, 0.6) is 0 Å². The molecule has 0 spiro atoms. The van der Waals surface area contributed by atoms with Gasteiger partial charge < -0.3 is 5.32 Å². The Bertz CT molecular complexity index is 129. The lowest BCUT2D eigenvalue weighted by Crippen LogP contribution is -2.28. The van der Waals surface area contributed by atoms with Crippen molar-refractivity contribution in [3.8, 4) is 0 Å². The van der Waals surface area contributed by atoms with E-state index in [1.807, 2.05) is 0 Å². The van der Waals surface area contributed by atoms with E-state index in [9.17, 15) is 0 Å². The van der Waals surface area contributed by atoms with Crippen molar-refractivity contribution in [2.24, 2.45) is 5.73 Å². The second-order valence-corrected chi connectivity index (χ2v) is 4.00. The predicted molar refractivity (Wildman–Crippen MR) is 41.5 cm³/mol. The number of thiocarbonyl (C=S) groups is 1. The number of hydrogen-bond acceptors (Lipinski definition) is 3. The highest BCUT2D eigenvalue weighted by molar-refractivity contribution is 8.83. The summed E-state index contributed by atoms with van der Waals surface area (Å²) in [5.41, 5.74) is 5.31. The molecule has 0 aromatic rings. The second kappa shape index (κ2) is 2.13. The van der Waals surface area contributed by atoms with Gasteiger partial charge in [-0.3, -0.25) is 5.73 Å². The van der Waals surface area contributed by atoms with Crippen LogP contribution < -0.4 is 11.1 Å². The van der Waals surface area contributed by atoms with E-state index in [1.165, 1.54) is 10.8 Å². The zero-order chi connectivity index (χ0) is 5.28. The van der Waals surface area contributed by atoms with Gasteiger partial charge in [-0.2, -0.15) is 0 Å². The van der Waals surface area contributed by atoms with Gasteiger partial charge in [0.2, 0.25) is 0 Å². The monoisotopic (exact) mass is 152 g/mol. The van der Waals surface area contributed by atoms with Crippen molar-refractivity contribution >= 4 is 42.8 Å². The van der Waals surface area contributed by atoms with E-state index < -0.39 is 0 Å². The van der Waals surface area contributed by atoms with Crippen LogP contribution in [0.15, 0.2) is 0 Å². The van der Waals surface area contributed by atoms with Crippen molar-refractivity contribution in [2.45, 2.75) is 0 Å². The lowest BCUT2D eigenvalue weighted by atomic mass is 11.1. The Morgan fingerprint density at radius 1 is 1.86 bits per heavy atom. The SMILES string of the molecule is NC1=[SH]SC(=S)N1. The van der Waals surface area contributed by atoms with Gasteiger partial charge >= 0.3 is 0 Å².